The number of carbonyl (C=O) groups is 2. The van der Waals surface area contributed by atoms with Crippen LogP contribution < -0.4 is 5.32 Å². The van der Waals surface area contributed by atoms with Gasteiger partial charge in [0.05, 0.1) is 6.61 Å². The lowest BCUT2D eigenvalue weighted by Crippen LogP contribution is -2.44. The van der Waals surface area contributed by atoms with Gasteiger partial charge in [0.15, 0.2) is 0 Å². The fraction of sp³-hybridized carbons (Fsp3) is 0.500. The van der Waals surface area contributed by atoms with Crippen LogP contribution in [-0.4, -0.2) is 18.9 Å². The van der Waals surface area contributed by atoms with Crippen LogP contribution in [-0.2, 0) is 20.9 Å². The van der Waals surface area contributed by atoms with E-state index in [1.54, 1.807) is 7.11 Å². The van der Waals surface area contributed by atoms with E-state index >= 15 is 0 Å². The zero-order valence-electron chi connectivity index (χ0n) is 12.0. The van der Waals surface area contributed by atoms with E-state index in [1.807, 2.05) is 24.3 Å². The number of benzene rings is 1. The number of imide groups is 1. The Kier molecular flexibility index (Phi) is 4.90. The third kappa shape index (κ3) is 3.25. The summed E-state index contributed by atoms with van der Waals surface area (Å²) in [5, 5.41) is 2.45. The summed E-state index contributed by atoms with van der Waals surface area (Å²) in [5.74, 6) is -0.446. The summed E-state index contributed by atoms with van der Waals surface area (Å²) in [7, 11) is 1.66. The molecule has 0 aromatic heterocycles. The molecule has 0 radical (unpaired) electrons. The first-order valence-electron chi connectivity index (χ1n) is 7.07. The molecule has 1 aliphatic heterocycles. The van der Waals surface area contributed by atoms with Gasteiger partial charge >= 0.3 is 0 Å². The third-order valence-corrected chi connectivity index (χ3v) is 3.78. The molecule has 2 amide bonds. The first kappa shape index (κ1) is 14.7. The maximum Gasteiger partial charge on any atom is 0.230 e. The zero-order chi connectivity index (χ0) is 14.5. The van der Waals surface area contributed by atoms with Crippen molar-refractivity contribution in [3.63, 3.8) is 0 Å². The number of nitrogens with one attached hydrogen (secondary N) is 1. The van der Waals surface area contributed by atoms with E-state index in [-0.39, 0.29) is 23.7 Å². The molecule has 4 nitrogen and oxygen atoms in total. The lowest BCUT2D eigenvalue weighted by molar-refractivity contribution is -0.137. The number of amides is 2. The van der Waals surface area contributed by atoms with Gasteiger partial charge < -0.3 is 4.74 Å². The number of rotatable bonds is 5. The van der Waals surface area contributed by atoms with Crippen molar-refractivity contribution in [3.8, 4) is 0 Å². The molecular formula is C16H21NO3. The highest BCUT2D eigenvalue weighted by Gasteiger charge is 2.35. The summed E-state index contributed by atoms with van der Waals surface area (Å²) >= 11 is 0. The van der Waals surface area contributed by atoms with Gasteiger partial charge in [-0.3, -0.25) is 14.9 Å². The lowest BCUT2D eigenvalue weighted by Gasteiger charge is -2.30. The molecule has 0 bridgehead atoms. The Morgan fingerprint density at radius 1 is 1.35 bits per heavy atom. The van der Waals surface area contributed by atoms with Crippen LogP contribution in [0.5, 0.6) is 0 Å². The molecule has 0 spiro atoms. The Morgan fingerprint density at radius 2 is 2.15 bits per heavy atom. The fourth-order valence-electron chi connectivity index (χ4n) is 2.88. The van der Waals surface area contributed by atoms with Crippen molar-refractivity contribution >= 4 is 11.8 Å². The molecule has 1 heterocycles. The van der Waals surface area contributed by atoms with Crippen LogP contribution in [0.25, 0.3) is 0 Å². The molecule has 1 N–H and O–H groups in total. The molecule has 2 atom stereocenters. The second kappa shape index (κ2) is 6.66. The highest BCUT2D eigenvalue weighted by molar-refractivity contribution is 5.99. The standard InChI is InChI=1S/C16H21NO3/c1-3-5-13-14(9-15(18)17-16(13)19)12-7-4-6-11(8-12)10-20-2/h4,6-8,13-14H,3,5,9-10H2,1-2H3,(H,17,18,19). The molecule has 1 aromatic carbocycles. The molecule has 1 aliphatic rings. The molecule has 4 heteroatoms. The quantitative estimate of drug-likeness (QED) is 0.839. The van der Waals surface area contributed by atoms with Gasteiger partial charge in [-0.2, -0.15) is 0 Å². The van der Waals surface area contributed by atoms with Crippen LogP contribution in [0.4, 0.5) is 0 Å². The molecule has 1 saturated heterocycles. The summed E-state index contributed by atoms with van der Waals surface area (Å²) in [6.45, 7) is 2.60. The fourth-order valence-corrected chi connectivity index (χ4v) is 2.88. The van der Waals surface area contributed by atoms with Gasteiger partial charge in [-0.05, 0) is 17.5 Å². The topological polar surface area (TPSA) is 55.4 Å². The summed E-state index contributed by atoms with van der Waals surface area (Å²) < 4.78 is 5.14. The van der Waals surface area contributed by atoms with Crippen molar-refractivity contribution in [1.82, 2.24) is 5.32 Å². The van der Waals surface area contributed by atoms with Gasteiger partial charge in [-0.1, -0.05) is 37.6 Å². The number of hydrogen-bond acceptors (Lipinski definition) is 3. The molecular weight excluding hydrogens is 254 g/mol. The monoisotopic (exact) mass is 275 g/mol. The smallest absolute Gasteiger partial charge is 0.230 e. The van der Waals surface area contributed by atoms with Crippen LogP contribution in [0.2, 0.25) is 0 Å². The second-order valence-corrected chi connectivity index (χ2v) is 5.30. The predicted octanol–water partition coefficient (Wildman–Crippen LogP) is 2.38. The third-order valence-electron chi connectivity index (χ3n) is 3.78. The Morgan fingerprint density at radius 3 is 2.85 bits per heavy atom. The Labute approximate surface area is 119 Å². The van der Waals surface area contributed by atoms with Gasteiger partial charge in [0, 0.05) is 25.4 Å². The number of methoxy groups -OCH3 is 1. The normalized spacial score (nSPS) is 22.7. The van der Waals surface area contributed by atoms with Gasteiger partial charge in [0.2, 0.25) is 11.8 Å². The highest BCUT2D eigenvalue weighted by atomic mass is 16.5. The molecule has 0 saturated carbocycles. The van der Waals surface area contributed by atoms with E-state index in [0.717, 1.165) is 24.0 Å². The minimum absolute atomic E-state index is 0.0204. The predicted molar refractivity (Wildman–Crippen MR) is 76.1 cm³/mol. The maximum absolute atomic E-state index is 12.0. The van der Waals surface area contributed by atoms with E-state index in [0.29, 0.717) is 13.0 Å². The van der Waals surface area contributed by atoms with E-state index in [9.17, 15) is 9.59 Å². The molecule has 1 aromatic rings. The van der Waals surface area contributed by atoms with Gasteiger partial charge in [0.25, 0.3) is 0 Å². The molecule has 2 unspecified atom stereocenters. The van der Waals surface area contributed by atoms with Crippen molar-refractivity contribution in [2.24, 2.45) is 5.92 Å². The van der Waals surface area contributed by atoms with Gasteiger partial charge in [-0.15, -0.1) is 0 Å². The average molecular weight is 275 g/mol. The zero-order valence-corrected chi connectivity index (χ0v) is 12.0. The van der Waals surface area contributed by atoms with Crippen LogP contribution in [0.1, 0.15) is 43.2 Å². The SMILES string of the molecule is CCCC1C(=O)NC(=O)CC1c1cccc(COC)c1. The summed E-state index contributed by atoms with van der Waals surface area (Å²) in [5.41, 5.74) is 2.12. The van der Waals surface area contributed by atoms with Crippen molar-refractivity contribution in [2.75, 3.05) is 7.11 Å². The first-order valence-corrected chi connectivity index (χ1v) is 7.07. The maximum atomic E-state index is 12.0. The second-order valence-electron chi connectivity index (χ2n) is 5.30. The van der Waals surface area contributed by atoms with Crippen LogP contribution in [0, 0.1) is 5.92 Å². The minimum atomic E-state index is -0.176. The largest absolute Gasteiger partial charge is 0.380 e. The van der Waals surface area contributed by atoms with E-state index in [4.69, 9.17) is 4.74 Å². The van der Waals surface area contributed by atoms with Crippen molar-refractivity contribution in [2.45, 2.75) is 38.7 Å². The summed E-state index contributed by atoms with van der Waals surface area (Å²) in [6, 6.07) is 8.00. The number of ether oxygens (including phenoxy) is 1. The minimum Gasteiger partial charge on any atom is -0.380 e. The number of hydrogen-bond donors (Lipinski definition) is 1. The van der Waals surface area contributed by atoms with Crippen LogP contribution in [0.3, 0.4) is 0 Å². The van der Waals surface area contributed by atoms with E-state index in [2.05, 4.69) is 12.2 Å². The highest BCUT2D eigenvalue weighted by Crippen LogP contribution is 2.34. The summed E-state index contributed by atoms with van der Waals surface area (Å²) in [6.07, 6.45) is 2.12. The Balaban J connectivity index is 2.28. The van der Waals surface area contributed by atoms with Crippen molar-refractivity contribution in [3.05, 3.63) is 35.4 Å². The number of carbonyl (C=O) groups excluding carboxylic acids is 2. The molecule has 108 valence electrons. The molecule has 1 fully saturated rings. The number of piperidine rings is 1. The Hall–Kier alpha value is -1.68. The summed E-state index contributed by atoms with van der Waals surface area (Å²) in [4.78, 5) is 23.7. The van der Waals surface area contributed by atoms with E-state index < -0.39 is 0 Å². The molecule has 0 aliphatic carbocycles. The Bertz CT molecular complexity index is 498. The van der Waals surface area contributed by atoms with Gasteiger partial charge in [0.1, 0.15) is 0 Å². The first-order chi connectivity index (χ1) is 9.65. The molecule has 20 heavy (non-hydrogen) atoms. The lowest BCUT2D eigenvalue weighted by atomic mass is 9.78. The van der Waals surface area contributed by atoms with Gasteiger partial charge in [-0.25, -0.2) is 0 Å². The molecule has 2 rings (SSSR count). The van der Waals surface area contributed by atoms with Crippen LogP contribution >= 0.6 is 0 Å². The van der Waals surface area contributed by atoms with Crippen LogP contribution in [0.15, 0.2) is 24.3 Å². The average Bonchev–Trinajstić information content (AvgIpc) is 2.42. The van der Waals surface area contributed by atoms with Crippen molar-refractivity contribution < 1.29 is 14.3 Å². The van der Waals surface area contributed by atoms with Crippen molar-refractivity contribution in [1.29, 1.82) is 0 Å². The van der Waals surface area contributed by atoms with E-state index in [1.165, 1.54) is 0 Å².